The number of hydrogen-bond acceptors (Lipinski definition) is 6. The van der Waals surface area contributed by atoms with Crippen LogP contribution >= 0.6 is 0 Å². The number of nitrogens with zero attached hydrogens (tertiary/aromatic N) is 2. The van der Waals surface area contributed by atoms with E-state index in [4.69, 9.17) is 10.5 Å². The molecule has 0 saturated carbocycles. The van der Waals surface area contributed by atoms with Crippen molar-refractivity contribution in [3.8, 4) is 0 Å². The predicted molar refractivity (Wildman–Crippen MR) is 64.8 cm³/mol. The van der Waals surface area contributed by atoms with Gasteiger partial charge in [0.1, 0.15) is 0 Å². The smallest absolute Gasteiger partial charge is 0.315 e. The summed E-state index contributed by atoms with van der Waals surface area (Å²) in [6, 6.07) is 0.218. The highest BCUT2D eigenvalue weighted by molar-refractivity contribution is 5.87. The van der Waals surface area contributed by atoms with Crippen LogP contribution < -0.4 is 11.1 Å². The fourth-order valence-electron chi connectivity index (χ4n) is 1.58. The molecule has 1 heterocycles. The number of nitrogens with one attached hydrogen (secondary N) is 1. The monoisotopic (exact) mass is 256 g/mol. The lowest BCUT2D eigenvalue weighted by molar-refractivity contribution is 0.00838. The molecule has 0 saturated heterocycles. The molecular weight excluding hydrogens is 236 g/mol. The number of hydrogen-bond donors (Lipinski definition) is 2. The molecule has 1 amide bonds. The van der Waals surface area contributed by atoms with Gasteiger partial charge in [0.05, 0.1) is 12.1 Å². The number of methoxy groups -OCH3 is 1. The summed E-state index contributed by atoms with van der Waals surface area (Å²) in [6.07, 6.45) is 0.837. The van der Waals surface area contributed by atoms with E-state index in [1.165, 1.54) is 0 Å². The van der Waals surface area contributed by atoms with E-state index in [9.17, 15) is 4.79 Å². The normalized spacial score (nSPS) is 13.6. The summed E-state index contributed by atoms with van der Waals surface area (Å²) in [5.41, 5.74) is 4.82. The first-order valence-corrected chi connectivity index (χ1v) is 5.75. The highest BCUT2D eigenvalue weighted by Gasteiger charge is 2.20. The second kappa shape index (κ2) is 5.92. The lowest BCUT2D eigenvalue weighted by Crippen LogP contribution is -2.35. The van der Waals surface area contributed by atoms with Crippen molar-refractivity contribution < 1.29 is 14.1 Å². The first-order chi connectivity index (χ1) is 8.34. The number of ether oxygens (including phenoxy) is 1. The van der Waals surface area contributed by atoms with E-state index in [2.05, 4.69) is 20.0 Å². The van der Waals surface area contributed by atoms with Gasteiger partial charge in [0, 0.05) is 13.2 Å². The van der Waals surface area contributed by atoms with Crippen LogP contribution in [0.2, 0.25) is 0 Å². The first kappa shape index (κ1) is 14.6. The zero-order valence-electron chi connectivity index (χ0n) is 11.2. The number of carbonyl (C=O) groups is 1. The molecule has 1 rings (SSSR count). The maximum Gasteiger partial charge on any atom is 0.315 e. The Balaban J connectivity index is 2.42. The Bertz CT molecular complexity index is 403. The molecule has 0 aliphatic carbocycles. The lowest BCUT2D eigenvalue weighted by atomic mass is 10.00. The highest BCUT2D eigenvalue weighted by Crippen LogP contribution is 2.15. The van der Waals surface area contributed by atoms with Gasteiger partial charge < -0.3 is 20.3 Å². The Morgan fingerprint density at radius 1 is 1.61 bits per heavy atom. The topological polar surface area (TPSA) is 103 Å². The minimum absolute atomic E-state index is 0.170. The molecule has 102 valence electrons. The van der Waals surface area contributed by atoms with E-state index in [-0.39, 0.29) is 17.5 Å². The van der Waals surface area contributed by atoms with Crippen molar-refractivity contribution in [2.45, 2.75) is 45.4 Å². The van der Waals surface area contributed by atoms with Gasteiger partial charge in [-0.2, -0.15) is 4.98 Å². The lowest BCUT2D eigenvalue weighted by Gasteiger charge is -2.26. The van der Waals surface area contributed by atoms with E-state index in [0.717, 1.165) is 6.42 Å². The summed E-state index contributed by atoms with van der Waals surface area (Å²) in [4.78, 5) is 14.6. The van der Waals surface area contributed by atoms with Gasteiger partial charge in [0.2, 0.25) is 0 Å². The summed E-state index contributed by atoms with van der Waals surface area (Å²) in [5.74, 6) is -0.482. The molecular formula is C11H20N4O3. The number of rotatable bonds is 7. The predicted octanol–water partition coefficient (Wildman–Crippen LogP) is 0.462. The quantitative estimate of drug-likeness (QED) is 0.734. The third kappa shape index (κ3) is 4.42. The summed E-state index contributed by atoms with van der Waals surface area (Å²) in [5, 5.41) is 6.87. The van der Waals surface area contributed by atoms with Crippen molar-refractivity contribution in [2.24, 2.45) is 5.73 Å². The number of amides is 1. The largest absolute Gasteiger partial charge is 0.379 e. The van der Waals surface area contributed by atoms with Crippen molar-refractivity contribution >= 4 is 5.91 Å². The van der Waals surface area contributed by atoms with Crippen LogP contribution in [-0.2, 0) is 11.3 Å². The minimum Gasteiger partial charge on any atom is -0.379 e. The van der Waals surface area contributed by atoms with Crippen molar-refractivity contribution in [1.82, 2.24) is 15.5 Å². The van der Waals surface area contributed by atoms with Crippen LogP contribution in [0.5, 0.6) is 0 Å². The highest BCUT2D eigenvalue weighted by atomic mass is 16.5. The average Bonchev–Trinajstić information content (AvgIpc) is 2.74. The standard InChI is InChI=1S/C11H20N4O3/c1-7(5-11(2,3)17-4)13-6-8-14-10(9(12)16)18-15-8/h7,13H,5-6H2,1-4H3,(H2,12,16)/t7-/m1/s1. The van der Waals surface area contributed by atoms with Crippen LogP contribution in [0.25, 0.3) is 0 Å². The Kier molecular flexibility index (Phi) is 4.80. The summed E-state index contributed by atoms with van der Waals surface area (Å²) in [7, 11) is 1.69. The van der Waals surface area contributed by atoms with Crippen molar-refractivity contribution in [2.75, 3.05) is 7.11 Å². The molecule has 0 aliphatic heterocycles. The summed E-state index contributed by atoms with van der Waals surface area (Å²) < 4.78 is 10.0. The van der Waals surface area contributed by atoms with Gasteiger partial charge in [-0.1, -0.05) is 5.16 Å². The Morgan fingerprint density at radius 2 is 2.28 bits per heavy atom. The van der Waals surface area contributed by atoms with E-state index in [1.54, 1.807) is 7.11 Å². The van der Waals surface area contributed by atoms with Crippen LogP contribution in [0, 0.1) is 0 Å². The summed E-state index contributed by atoms with van der Waals surface area (Å²) in [6.45, 7) is 6.49. The third-order valence-corrected chi connectivity index (χ3v) is 2.64. The Morgan fingerprint density at radius 3 is 2.78 bits per heavy atom. The molecule has 3 N–H and O–H groups in total. The molecule has 0 unspecified atom stereocenters. The zero-order chi connectivity index (χ0) is 13.8. The summed E-state index contributed by atoms with van der Waals surface area (Å²) >= 11 is 0. The van der Waals surface area contributed by atoms with Crippen LogP contribution in [0.1, 0.15) is 43.7 Å². The van der Waals surface area contributed by atoms with Crippen LogP contribution in [0.15, 0.2) is 4.52 Å². The third-order valence-electron chi connectivity index (χ3n) is 2.64. The molecule has 0 aromatic carbocycles. The van der Waals surface area contributed by atoms with Crippen LogP contribution in [-0.4, -0.2) is 34.8 Å². The fourth-order valence-corrected chi connectivity index (χ4v) is 1.58. The maximum absolute atomic E-state index is 10.8. The molecule has 0 aliphatic rings. The molecule has 0 radical (unpaired) electrons. The average molecular weight is 256 g/mol. The van der Waals surface area contributed by atoms with Gasteiger partial charge in [-0.05, 0) is 27.2 Å². The van der Waals surface area contributed by atoms with E-state index >= 15 is 0 Å². The van der Waals surface area contributed by atoms with Gasteiger partial charge in [0.15, 0.2) is 5.82 Å². The maximum atomic E-state index is 10.8. The minimum atomic E-state index is -0.720. The van der Waals surface area contributed by atoms with Crippen molar-refractivity contribution in [1.29, 1.82) is 0 Å². The molecule has 0 bridgehead atoms. The van der Waals surface area contributed by atoms with Crippen LogP contribution in [0.4, 0.5) is 0 Å². The molecule has 1 aromatic rings. The van der Waals surface area contributed by atoms with Crippen molar-refractivity contribution in [3.05, 3.63) is 11.7 Å². The number of primary amides is 1. The molecule has 18 heavy (non-hydrogen) atoms. The molecule has 1 atom stereocenters. The zero-order valence-corrected chi connectivity index (χ0v) is 11.2. The van der Waals surface area contributed by atoms with Gasteiger partial charge in [0.25, 0.3) is 0 Å². The second-order valence-corrected chi connectivity index (χ2v) is 4.83. The Labute approximate surface area is 106 Å². The number of aromatic nitrogens is 2. The van der Waals surface area contributed by atoms with Gasteiger partial charge >= 0.3 is 11.8 Å². The molecule has 7 nitrogen and oxygen atoms in total. The van der Waals surface area contributed by atoms with Gasteiger partial charge in [-0.15, -0.1) is 0 Å². The van der Waals surface area contributed by atoms with Crippen LogP contribution in [0.3, 0.4) is 0 Å². The number of carbonyl (C=O) groups excluding carboxylic acids is 1. The van der Waals surface area contributed by atoms with Gasteiger partial charge in [-0.3, -0.25) is 4.79 Å². The van der Waals surface area contributed by atoms with E-state index in [0.29, 0.717) is 12.4 Å². The molecule has 0 spiro atoms. The van der Waals surface area contributed by atoms with Crippen molar-refractivity contribution in [3.63, 3.8) is 0 Å². The molecule has 0 fully saturated rings. The fraction of sp³-hybridized carbons (Fsp3) is 0.727. The molecule has 7 heteroatoms. The SMILES string of the molecule is COC(C)(C)C[C@@H](C)NCc1noc(C(N)=O)n1. The molecule has 1 aromatic heterocycles. The second-order valence-electron chi connectivity index (χ2n) is 4.83. The van der Waals surface area contributed by atoms with Gasteiger partial charge in [-0.25, -0.2) is 0 Å². The van der Waals surface area contributed by atoms with E-state index < -0.39 is 5.91 Å². The Hall–Kier alpha value is -1.47. The number of nitrogens with two attached hydrogens (primary N) is 1. The van der Waals surface area contributed by atoms with E-state index in [1.807, 2.05) is 20.8 Å². The first-order valence-electron chi connectivity index (χ1n) is 5.75.